The fourth-order valence-corrected chi connectivity index (χ4v) is 2.62. The largest absolute Gasteiger partial charge is 0.383 e. The molecule has 2 N–H and O–H groups in total. The van der Waals surface area contributed by atoms with Crippen molar-refractivity contribution in [2.75, 3.05) is 19.3 Å². The van der Waals surface area contributed by atoms with Crippen LogP contribution in [0.3, 0.4) is 0 Å². The number of alkyl halides is 2. The van der Waals surface area contributed by atoms with Gasteiger partial charge in [0.25, 0.3) is 6.43 Å². The first kappa shape index (κ1) is 21.4. The standard InChI is InChI=1S/C20H23F3N4O/c1-3-4-5-7-27(2)8-6-13-9-15(17(21)10-14(13)12-28)20-25-11-16(18(22)23)19(24)26-20/h6,8-12,18H,3-5,7H2,1-2H3,(H2,24,25,26)/b8-6-. The van der Waals surface area contributed by atoms with Crippen molar-refractivity contribution in [3.05, 3.63) is 47.0 Å². The first-order valence-electron chi connectivity index (χ1n) is 8.95. The van der Waals surface area contributed by atoms with Gasteiger partial charge in [-0.25, -0.2) is 23.1 Å². The minimum Gasteiger partial charge on any atom is -0.383 e. The number of nitrogens with zero attached hydrogens (tertiary/aromatic N) is 3. The molecule has 8 heteroatoms. The minimum atomic E-state index is -2.82. The van der Waals surface area contributed by atoms with Gasteiger partial charge in [-0.05, 0) is 36.4 Å². The molecule has 0 saturated carbocycles. The molecule has 0 amide bonds. The van der Waals surface area contributed by atoms with Gasteiger partial charge < -0.3 is 10.6 Å². The molecule has 1 aromatic carbocycles. The average Bonchev–Trinajstić information content (AvgIpc) is 2.66. The van der Waals surface area contributed by atoms with Gasteiger partial charge in [-0.2, -0.15) is 0 Å². The Morgan fingerprint density at radius 3 is 2.61 bits per heavy atom. The summed E-state index contributed by atoms with van der Waals surface area (Å²) in [6.07, 6.45) is 5.37. The first-order valence-corrected chi connectivity index (χ1v) is 8.95. The number of nitrogens with two attached hydrogens (primary N) is 1. The number of nitrogen functional groups attached to an aromatic ring is 1. The molecular weight excluding hydrogens is 369 g/mol. The second-order valence-corrected chi connectivity index (χ2v) is 6.42. The molecule has 2 rings (SSSR count). The van der Waals surface area contributed by atoms with Gasteiger partial charge in [-0.15, -0.1) is 0 Å². The first-order chi connectivity index (χ1) is 13.4. The van der Waals surface area contributed by atoms with Crippen molar-refractivity contribution in [3.63, 3.8) is 0 Å². The van der Waals surface area contributed by atoms with Crippen LogP contribution < -0.4 is 5.73 Å². The van der Waals surface area contributed by atoms with E-state index < -0.39 is 23.6 Å². The Balaban J connectivity index is 2.36. The number of rotatable bonds is 9. The zero-order chi connectivity index (χ0) is 20.7. The molecule has 0 spiro atoms. The topological polar surface area (TPSA) is 72.1 Å². The van der Waals surface area contributed by atoms with Gasteiger partial charge in [0.05, 0.1) is 11.1 Å². The number of unbranched alkanes of at least 4 members (excludes halogenated alkanes) is 2. The van der Waals surface area contributed by atoms with Crippen molar-refractivity contribution in [1.29, 1.82) is 0 Å². The van der Waals surface area contributed by atoms with E-state index in [9.17, 15) is 18.0 Å². The Morgan fingerprint density at radius 1 is 1.25 bits per heavy atom. The van der Waals surface area contributed by atoms with E-state index in [0.29, 0.717) is 11.8 Å². The van der Waals surface area contributed by atoms with Crippen LogP contribution in [0.2, 0.25) is 0 Å². The van der Waals surface area contributed by atoms with Crippen molar-refractivity contribution in [1.82, 2.24) is 14.9 Å². The van der Waals surface area contributed by atoms with Crippen LogP contribution in [-0.4, -0.2) is 34.7 Å². The number of hydrogen-bond acceptors (Lipinski definition) is 5. The van der Waals surface area contributed by atoms with Crippen LogP contribution in [0.15, 0.2) is 24.5 Å². The maximum Gasteiger partial charge on any atom is 0.268 e. The van der Waals surface area contributed by atoms with E-state index in [1.807, 2.05) is 11.9 Å². The molecule has 1 heterocycles. The molecule has 0 aliphatic heterocycles. The van der Waals surface area contributed by atoms with Gasteiger partial charge in [-0.1, -0.05) is 19.8 Å². The minimum absolute atomic E-state index is 0.0218. The Morgan fingerprint density at radius 2 is 2.00 bits per heavy atom. The summed E-state index contributed by atoms with van der Waals surface area (Å²) < 4.78 is 40.0. The molecule has 0 bridgehead atoms. The Bertz CT molecular complexity index is 856. The van der Waals surface area contributed by atoms with E-state index in [4.69, 9.17) is 5.73 Å². The number of carbonyl (C=O) groups is 1. The lowest BCUT2D eigenvalue weighted by Crippen LogP contribution is -2.11. The molecule has 0 unspecified atom stereocenters. The molecule has 0 atom stereocenters. The summed E-state index contributed by atoms with van der Waals surface area (Å²) in [5, 5.41) is 0. The molecular formula is C20H23F3N4O. The van der Waals surface area contributed by atoms with Crippen LogP contribution in [0.4, 0.5) is 19.0 Å². The molecule has 150 valence electrons. The summed E-state index contributed by atoms with van der Waals surface area (Å²) in [7, 11) is 1.91. The normalized spacial score (nSPS) is 11.4. The van der Waals surface area contributed by atoms with Gasteiger partial charge >= 0.3 is 0 Å². The third-order valence-electron chi connectivity index (χ3n) is 4.25. The van der Waals surface area contributed by atoms with Crippen LogP contribution >= 0.6 is 0 Å². The summed E-state index contributed by atoms with van der Waals surface area (Å²) in [6, 6.07) is 2.48. The highest BCUT2D eigenvalue weighted by molar-refractivity contribution is 5.84. The van der Waals surface area contributed by atoms with Gasteiger partial charge in [0.2, 0.25) is 0 Å². The van der Waals surface area contributed by atoms with Crippen LogP contribution in [-0.2, 0) is 0 Å². The van der Waals surface area contributed by atoms with Crippen molar-refractivity contribution >= 4 is 18.2 Å². The molecule has 2 aromatic rings. The summed E-state index contributed by atoms with van der Waals surface area (Å²) >= 11 is 0. The van der Waals surface area contributed by atoms with Crippen LogP contribution in [0.5, 0.6) is 0 Å². The molecule has 1 aromatic heterocycles. The second kappa shape index (κ2) is 9.87. The average molecular weight is 392 g/mol. The summed E-state index contributed by atoms with van der Waals surface area (Å²) in [4.78, 5) is 20.9. The lowest BCUT2D eigenvalue weighted by Gasteiger charge is -2.14. The fraction of sp³-hybridized carbons (Fsp3) is 0.350. The van der Waals surface area contributed by atoms with Crippen LogP contribution in [0, 0.1) is 5.82 Å². The highest BCUT2D eigenvalue weighted by atomic mass is 19.3. The van der Waals surface area contributed by atoms with Gasteiger partial charge in [-0.3, -0.25) is 4.79 Å². The van der Waals surface area contributed by atoms with E-state index >= 15 is 0 Å². The third-order valence-corrected chi connectivity index (χ3v) is 4.25. The van der Waals surface area contributed by atoms with Crippen molar-refractivity contribution in [2.45, 2.75) is 32.6 Å². The number of aldehydes is 1. The SMILES string of the molecule is CCCCCN(C)/C=C\c1cc(-c2ncc(C(F)F)c(N)n2)c(F)cc1C=O. The number of anilines is 1. The smallest absolute Gasteiger partial charge is 0.268 e. The number of aromatic nitrogens is 2. The zero-order valence-corrected chi connectivity index (χ0v) is 15.8. The second-order valence-electron chi connectivity index (χ2n) is 6.42. The molecule has 0 aliphatic rings. The number of benzene rings is 1. The Labute approximate surface area is 162 Å². The molecule has 0 fully saturated rings. The third kappa shape index (κ3) is 5.31. The van der Waals surface area contributed by atoms with Crippen LogP contribution in [0.1, 0.15) is 54.1 Å². The van der Waals surface area contributed by atoms with Crippen molar-refractivity contribution in [2.24, 2.45) is 0 Å². The van der Waals surface area contributed by atoms with Crippen molar-refractivity contribution < 1.29 is 18.0 Å². The summed E-state index contributed by atoms with van der Waals surface area (Å²) in [6.45, 7) is 2.97. The van der Waals surface area contributed by atoms with E-state index in [2.05, 4.69) is 16.9 Å². The van der Waals surface area contributed by atoms with E-state index in [-0.39, 0.29) is 17.0 Å². The molecule has 0 aliphatic carbocycles. The van der Waals surface area contributed by atoms with Crippen molar-refractivity contribution in [3.8, 4) is 11.4 Å². The van der Waals surface area contributed by atoms with Crippen LogP contribution in [0.25, 0.3) is 17.5 Å². The lowest BCUT2D eigenvalue weighted by atomic mass is 10.0. The molecule has 0 saturated heterocycles. The predicted molar refractivity (Wildman–Crippen MR) is 103 cm³/mol. The molecule has 28 heavy (non-hydrogen) atoms. The number of halogens is 3. The zero-order valence-electron chi connectivity index (χ0n) is 15.8. The molecule has 5 nitrogen and oxygen atoms in total. The maximum atomic E-state index is 14.4. The van der Waals surface area contributed by atoms with E-state index in [0.717, 1.165) is 38.1 Å². The Hall–Kier alpha value is -2.90. The van der Waals surface area contributed by atoms with Gasteiger partial charge in [0.1, 0.15) is 11.6 Å². The quantitative estimate of drug-likeness (QED) is 0.494. The molecule has 0 radical (unpaired) electrons. The maximum absolute atomic E-state index is 14.4. The van der Waals surface area contributed by atoms with Gasteiger partial charge in [0.15, 0.2) is 12.1 Å². The predicted octanol–water partition coefficient (Wildman–Crippen LogP) is 4.71. The monoisotopic (exact) mass is 392 g/mol. The van der Waals surface area contributed by atoms with E-state index in [1.54, 1.807) is 12.3 Å². The highest BCUT2D eigenvalue weighted by Gasteiger charge is 2.17. The number of carbonyl (C=O) groups excluding carboxylic acids is 1. The number of hydrogen-bond donors (Lipinski definition) is 1. The van der Waals surface area contributed by atoms with E-state index in [1.165, 1.54) is 6.07 Å². The Kier molecular flexibility index (Phi) is 7.54. The highest BCUT2D eigenvalue weighted by Crippen LogP contribution is 2.28. The lowest BCUT2D eigenvalue weighted by molar-refractivity contribution is 0.112. The summed E-state index contributed by atoms with van der Waals surface area (Å²) in [5.74, 6) is -1.27. The summed E-state index contributed by atoms with van der Waals surface area (Å²) in [5.41, 5.74) is 5.63. The van der Waals surface area contributed by atoms with Gasteiger partial charge in [0, 0.05) is 25.4 Å². The fourth-order valence-electron chi connectivity index (χ4n) is 2.62.